The van der Waals surface area contributed by atoms with Crippen molar-refractivity contribution in [3.8, 4) is 5.88 Å². The Labute approximate surface area is 90.0 Å². The van der Waals surface area contributed by atoms with Crippen molar-refractivity contribution in [3.05, 3.63) is 16.3 Å². The van der Waals surface area contributed by atoms with Crippen molar-refractivity contribution >= 4 is 5.69 Å². The van der Waals surface area contributed by atoms with Crippen LogP contribution in [0.25, 0.3) is 0 Å². The fourth-order valence-electron chi connectivity index (χ4n) is 1.32. The van der Waals surface area contributed by atoms with E-state index in [1.165, 1.54) is 0 Å². The molecule has 0 radical (unpaired) electrons. The summed E-state index contributed by atoms with van der Waals surface area (Å²) in [7, 11) is 0. The molecule has 0 spiro atoms. The Kier molecular flexibility index (Phi) is 1.74. The molecule has 0 N–H and O–H groups in total. The minimum absolute atomic E-state index is 0.286. The Balaban J connectivity index is 2.26. The first-order valence-corrected chi connectivity index (χ1v) is 4.37. The van der Waals surface area contributed by atoms with Crippen molar-refractivity contribution in [3.63, 3.8) is 0 Å². The highest BCUT2D eigenvalue weighted by Crippen LogP contribution is 2.26. The number of nitro groups is 1. The molecule has 1 aromatic heterocycles. The fourth-order valence-corrected chi connectivity index (χ4v) is 1.32. The van der Waals surface area contributed by atoms with Gasteiger partial charge in [0.2, 0.25) is 0 Å². The lowest BCUT2D eigenvalue weighted by molar-refractivity contribution is -0.386. The number of aryl methyl sites for hydroxylation is 1. The molecule has 0 aromatic carbocycles. The van der Waals surface area contributed by atoms with Crippen molar-refractivity contribution in [2.24, 2.45) is 6.98 Å². The van der Waals surface area contributed by atoms with Crippen LogP contribution in [-0.2, 0) is 11.7 Å². The molecule has 7 nitrogen and oxygen atoms in total. The molecule has 0 bridgehead atoms. The molecule has 82 valence electrons. The summed E-state index contributed by atoms with van der Waals surface area (Å²) in [5, 5.41) is 14.4. The SMILES string of the molecule is [2H]C([2H])([2H])n1cc([N+](=O)[O-])c(OC2CCOC2)n1. The van der Waals surface area contributed by atoms with E-state index < -0.39 is 17.6 Å². The van der Waals surface area contributed by atoms with Crippen LogP contribution in [0, 0.1) is 10.1 Å². The number of aromatic nitrogens is 2. The van der Waals surface area contributed by atoms with Crippen molar-refractivity contribution in [1.29, 1.82) is 0 Å². The van der Waals surface area contributed by atoms with E-state index in [1.807, 2.05) is 0 Å². The Hall–Kier alpha value is -1.63. The number of hydrogen-bond donors (Lipinski definition) is 0. The average molecular weight is 216 g/mol. The molecule has 0 saturated carbocycles. The molecule has 0 amide bonds. The third-order valence-corrected chi connectivity index (χ3v) is 2.03. The van der Waals surface area contributed by atoms with Gasteiger partial charge in [-0.05, 0) is 0 Å². The molecule has 1 aliphatic rings. The van der Waals surface area contributed by atoms with Crippen LogP contribution in [-0.4, -0.2) is 34.0 Å². The Bertz CT molecular complexity index is 453. The summed E-state index contributed by atoms with van der Waals surface area (Å²) in [5.41, 5.74) is -0.460. The Morgan fingerprint density at radius 1 is 1.93 bits per heavy atom. The van der Waals surface area contributed by atoms with E-state index in [1.54, 1.807) is 0 Å². The van der Waals surface area contributed by atoms with E-state index in [0.717, 1.165) is 6.20 Å². The minimum Gasteiger partial charge on any atom is -0.466 e. The van der Waals surface area contributed by atoms with Gasteiger partial charge >= 0.3 is 11.6 Å². The van der Waals surface area contributed by atoms with Crippen molar-refractivity contribution < 1.29 is 18.5 Å². The first-order valence-electron chi connectivity index (χ1n) is 5.87. The quantitative estimate of drug-likeness (QED) is 0.542. The standard InChI is InChI=1S/C8H11N3O4/c1-10-4-7(11(12)13)8(9-10)15-6-2-3-14-5-6/h4,6H,2-3,5H2,1H3/i1D3. The van der Waals surface area contributed by atoms with Crippen molar-refractivity contribution in [2.45, 2.75) is 12.5 Å². The smallest absolute Gasteiger partial charge is 0.350 e. The summed E-state index contributed by atoms with van der Waals surface area (Å²) in [6.07, 6.45) is 1.11. The first kappa shape index (κ1) is 6.78. The van der Waals surface area contributed by atoms with Crippen LogP contribution < -0.4 is 4.74 Å². The maximum atomic E-state index is 10.8. The average Bonchev–Trinajstić information content (AvgIpc) is 2.85. The van der Waals surface area contributed by atoms with E-state index >= 15 is 0 Å². The normalized spacial score (nSPS) is 24.3. The zero-order valence-corrected chi connectivity index (χ0v) is 7.75. The highest BCUT2D eigenvalue weighted by atomic mass is 16.6. The van der Waals surface area contributed by atoms with Gasteiger partial charge in [0.1, 0.15) is 12.3 Å². The minimum atomic E-state index is -2.57. The van der Waals surface area contributed by atoms with Crippen LogP contribution in [0.4, 0.5) is 5.69 Å². The second-order valence-corrected chi connectivity index (χ2v) is 3.12. The monoisotopic (exact) mass is 216 g/mol. The first-order chi connectivity index (χ1) is 8.38. The van der Waals surface area contributed by atoms with Gasteiger partial charge in [-0.2, -0.15) is 0 Å². The summed E-state index contributed by atoms with van der Waals surface area (Å²) in [6.45, 7) is -1.74. The molecule has 2 heterocycles. The van der Waals surface area contributed by atoms with Crippen LogP contribution in [0.2, 0.25) is 0 Å². The van der Waals surface area contributed by atoms with Crippen molar-refractivity contribution in [1.82, 2.24) is 9.78 Å². The molecule has 15 heavy (non-hydrogen) atoms. The fraction of sp³-hybridized carbons (Fsp3) is 0.625. The predicted molar refractivity (Wildman–Crippen MR) is 49.7 cm³/mol. The molecule has 1 saturated heterocycles. The molecule has 1 unspecified atom stereocenters. The second-order valence-electron chi connectivity index (χ2n) is 3.12. The number of hydrogen-bond acceptors (Lipinski definition) is 5. The van der Waals surface area contributed by atoms with Gasteiger partial charge in [0.05, 0.1) is 18.1 Å². The van der Waals surface area contributed by atoms with Gasteiger partial charge in [0, 0.05) is 17.5 Å². The van der Waals surface area contributed by atoms with Gasteiger partial charge < -0.3 is 9.47 Å². The van der Waals surface area contributed by atoms with Gasteiger partial charge in [-0.15, -0.1) is 5.10 Å². The topological polar surface area (TPSA) is 79.4 Å². The molecule has 1 atom stereocenters. The predicted octanol–water partition coefficient (Wildman–Crippen LogP) is 0.496. The second kappa shape index (κ2) is 3.85. The van der Waals surface area contributed by atoms with Crippen LogP contribution in [0.1, 0.15) is 10.5 Å². The summed E-state index contributed by atoms with van der Waals surface area (Å²) in [4.78, 5) is 10.1. The lowest BCUT2D eigenvalue weighted by atomic mass is 10.3. The van der Waals surface area contributed by atoms with Gasteiger partial charge in [-0.25, -0.2) is 0 Å². The molecular weight excluding hydrogens is 202 g/mol. The molecule has 1 aliphatic heterocycles. The zero-order valence-electron chi connectivity index (χ0n) is 10.8. The van der Waals surface area contributed by atoms with E-state index in [0.29, 0.717) is 24.3 Å². The third kappa shape index (κ3) is 2.07. The molecule has 7 heteroatoms. The van der Waals surface area contributed by atoms with Crippen LogP contribution in [0.5, 0.6) is 5.88 Å². The highest BCUT2D eigenvalue weighted by Gasteiger charge is 2.25. The molecular formula is C8H11N3O4. The van der Waals surface area contributed by atoms with Crippen LogP contribution in [0.15, 0.2) is 6.20 Å². The van der Waals surface area contributed by atoms with Gasteiger partial charge in [0.15, 0.2) is 0 Å². The molecule has 1 aromatic rings. The Morgan fingerprint density at radius 3 is 3.40 bits per heavy atom. The van der Waals surface area contributed by atoms with Gasteiger partial charge in [0.25, 0.3) is 0 Å². The van der Waals surface area contributed by atoms with Gasteiger partial charge in [-0.1, -0.05) is 0 Å². The van der Waals surface area contributed by atoms with E-state index in [4.69, 9.17) is 13.6 Å². The lowest BCUT2D eigenvalue weighted by Gasteiger charge is -2.07. The van der Waals surface area contributed by atoms with Crippen LogP contribution in [0.3, 0.4) is 0 Å². The summed E-state index contributed by atoms with van der Waals surface area (Å²) in [5.74, 6) is -0.286. The number of rotatable bonds is 3. The zero-order chi connectivity index (χ0) is 13.3. The Morgan fingerprint density at radius 2 is 2.80 bits per heavy atom. The third-order valence-electron chi connectivity index (χ3n) is 2.03. The summed E-state index contributed by atoms with van der Waals surface area (Å²) >= 11 is 0. The molecule has 1 fully saturated rings. The lowest BCUT2D eigenvalue weighted by Crippen LogP contribution is -2.16. The summed E-state index contributed by atoms with van der Waals surface area (Å²) in [6, 6.07) is 0. The maximum absolute atomic E-state index is 10.8. The summed E-state index contributed by atoms with van der Waals surface area (Å²) < 4.78 is 32.3. The number of nitrogens with zero attached hydrogens (tertiary/aromatic N) is 3. The largest absolute Gasteiger partial charge is 0.466 e. The van der Waals surface area contributed by atoms with Crippen molar-refractivity contribution in [2.75, 3.05) is 13.2 Å². The van der Waals surface area contributed by atoms with E-state index in [9.17, 15) is 10.1 Å². The van der Waals surface area contributed by atoms with E-state index in [-0.39, 0.29) is 12.0 Å². The highest BCUT2D eigenvalue weighted by molar-refractivity contribution is 5.38. The number of ether oxygens (including phenoxy) is 2. The maximum Gasteiger partial charge on any atom is 0.350 e. The van der Waals surface area contributed by atoms with Crippen LogP contribution >= 0.6 is 0 Å². The molecule has 2 rings (SSSR count). The van der Waals surface area contributed by atoms with Gasteiger partial charge in [-0.3, -0.25) is 14.8 Å². The molecule has 0 aliphatic carbocycles. The van der Waals surface area contributed by atoms with E-state index in [2.05, 4.69) is 5.10 Å².